The molecule has 10 atom stereocenters. The summed E-state index contributed by atoms with van der Waals surface area (Å²) in [5.74, 6) is 3.84. The lowest BCUT2D eigenvalue weighted by Crippen LogP contribution is -2.67. The van der Waals surface area contributed by atoms with Gasteiger partial charge in [0.1, 0.15) is 0 Å². The maximum atomic E-state index is 10.9. The van der Waals surface area contributed by atoms with Crippen LogP contribution in [0.2, 0.25) is 0 Å². The number of fused-ring (bicyclic) bond motifs is 7. The van der Waals surface area contributed by atoms with Gasteiger partial charge in [0.05, 0.1) is 6.10 Å². The molecule has 5 aliphatic carbocycles. The second-order valence-electron chi connectivity index (χ2n) is 15.0. The number of aliphatic hydroxyl groups is 1. The molecule has 0 aliphatic heterocycles. The van der Waals surface area contributed by atoms with Crippen molar-refractivity contribution in [2.75, 3.05) is 13.6 Å². The van der Waals surface area contributed by atoms with E-state index in [2.05, 4.69) is 60.5 Å². The SMILES string of the molecule is C=C(C)C1CC[C@]2(CNC)CCC3(C)C(CCC4[C@@]5(C)CC[C@H](O)C(C)(C)C5CC[C@]43C)C12. The number of hydrogen-bond donors (Lipinski definition) is 2. The molecule has 0 amide bonds. The van der Waals surface area contributed by atoms with E-state index in [1.165, 1.54) is 69.9 Å². The van der Waals surface area contributed by atoms with Gasteiger partial charge in [0, 0.05) is 6.54 Å². The monoisotopic (exact) mass is 455 g/mol. The Hall–Kier alpha value is -0.340. The molecule has 2 heteroatoms. The second-order valence-corrected chi connectivity index (χ2v) is 15.0. The van der Waals surface area contributed by atoms with Gasteiger partial charge in [0.15, 0.2) is 0 Å². The van der Waals surface area contributed by atoms with Crippen molar-refractivity contribution in [1.82, 2.24) is 5.32 Å². The summed E-state index contributed by atoms with van der Waals surface area (Å²) in [5, 5.41) is 14.6. The van der Waals surface area contributed by atoms with Crippen molar-refractivity contribution in [3.05, 3.63) is 12.2 Å². The minimum atomic E-state index is -0.126. The maximum absolute atomic E-state index is 10.9. The van der Waals surface area contributed by atoms with Gasteiger partial charge in [-0.25, -0.2) is 0 Å². The highest BCUT2D eigenvalue weighted by molar-refractivity contribution is 5.21. The molecular formula is C31H53NO. The first-order valence-electron chi connectivity index (χ1n) is 14.4. The van der Waals surface area contributed by atoms with E-state index in [0.29, 0.717) is 27.6 Å². The summed E-state index contributed by atoms with van der Waals surface area (Å²) in [5.41, 5.74) is 3.23. The van der Waals surface area contributed by atoms with Crippen LogP contribution in [0.1, 0.15) is 106 Å². The van der Waals surface area contributed by atoms with Crippen molar-refractivity contribution in [3.63, 3.8) is 0 Å². The fraction of sp³-hybridized carbons (Fsp3) is 0.935. The van der Waals surface area contributed by atoms with E-state index in [4.69, 9.17) is 0 Å². The van der Waals surface area contributed by atoms with E-state index in [0.717, 1.165) is 30.1 Å². The molecule has 2 N–H and O–H groups in total. The van der Waals surface area contributed by atoms with Crippen molar-refractivity contribution < 1.29 is 5.11 Å². The van der Waals surface area contributed by atoms with Gasteiger partial charge in [-0.05, 0) is 135 Å². The molecule has 0 spiro atoms. The van der Waals surface area contributed by atoms with Crippen molar-refractivity contribution in [2.45, 2.75) is 112 Å². The van der Waals surface area contributed by atoms with Crippen LogP contribution in [0, 0.1) is 56.7 Å². The lowest BCUT2D eigenvalue weighted by molar-refractivity contribution is -0.247. The minimum absolute atomic E-state index is 0.0527. The topological polar surface area (TPSA) is 32.3 Å². The average molecular weight is 456 g/mol. The first-order chi connectivity index (χ1) is 15.4. The lowest BCUT2D eigenvalue weighted by atomic mass is 9.32. The largest absolute Gasteiger partial charge is 0.393 e. The quantitative estimate of drug-likeness (QED) is 0.440. The van der Waals surface area contributed by atoms with Gasteiger partial charge in [0.2, 0.25) is 0 Å². The van der Waals surface area contributed by atoms with E-state index in [9.17, 15) is 5.11 Å². The Labute approximate surface area is 204 Å². The van der Waals surface area contributed by atoms with Crippen LogP contribution in [0.3, 0.4) is 0 Å². The molecular weight excluding hydrogens is 402 g/mol. The number of allylic oxidation sites excluding steroid dienone is 1. The van der Waals surface area contributed by atoms with Crippen molar-refractivity contribution in [3.8, 4) is 0 Å². The van der Waals surface area contributed by atoms with E-state index in [1.54, 1.807) is 0 Å². The summed E-state index contributed by atoms with van der Waals surface area (Å²) in [4.78, 5) is 0. The summed E-state index contributed by atoms with van der Waals surface area (Å²) >= 11 is 0. The Morgan fingerprint density at radius 3 is 2.24 bits per heavy atom. The molecule has 0 saturated heterocycles. The van der Waals surface area contributed by atoms with Crippen LogP contribution < -0.4 is 5.32 Å². The zero-order valence-corrected chi connectivity index (χ0v) is 22.9. The third kappa shape index (κ3) is 2.98. The van der Waals surface area contributed by atoms with Crippen molar-refractivity contribution in [2.24, 2.45) is 56.7 Å². The minimum Gasteiger partial charge on any atom is -0.393 e. The number of nitrogens with one attached hydrogen (secondary N) is 1. The Kier molecular flexibility index (Phi) is 5.60. The van der Waals surface area contributed by atoms with E-state index >= 15 is 0 Å². The third-order valence-corrected chi connectivity index (χ3v) is 13.7. The van der Waals surface area contributed by atoms with Gasteiger partial charge >= 0.3 is 0 Å². The highest BCUT2D eigenvalue weighted by atomic mass is 16.3. The molecule has 5 rings (SSSR count). The van der Waals surface area contributed by atoms with Gasteiger partial charge < -0.3 is 10.4 Å². The van der Waals surface area contributed by atoms with Crippen molar-refractivity contribution >= 4 is 0 Å². The molecule has 0 aromatic rings. The number of aliphatic hydroxyl groups excluding tert-OH is 1. The molecule has 0 radical (unpaired) electrons. The van der Waals surface area contributed by atoms with Gasteiger partial charge in [-0.2, -0.15) is 0 Å². The summed E-state index contributed by atoms with van der Waals surface area (Å²) in [7, 11) is 2.17. The van der Waals surface area contributed by atoms with Gasteiger partial charge in [-0.15, -0.1) is 0 Å². The van der Waals surface area contributed by atoms with Gasteiger partial charge in [0.25, 0.3) is 0 Å². The van der Waals surface area contributed by atoms with Crippen molar-refractivity contribution in [1.29, 1.82) is 0 Å². The summed E-state index contributed by atoms with van der Waals surface area (Å²) < 4.78 is 0. The highest BCUT2D eigenvalue weighted by Crippen LogP contribution is 2.77. The van der Waals surface area contributed by atoms with E-state index in [-0.39, 0.29) is 11.5 Å². The Morgan fingerprint density at radius 1 is 0.848 bits per heavy atom. The maximum Gasteiger partial charge on any atom is 0.0594 e. The van der Waals surface area contributed by atoms with E-state index in [1.807, 2.05) is 0 Å². The summed E-state index contributed by atoms with van der Waals surface area (Å²) in [6, 6.07) is 0. The van der Waals surface area contributed by atoms with Crippen LogP contribution in [-0.4, -0.2) is 24.8 Å². The van der Waals surface area contributed by atoms with E-state index < -0.39 is 0 Å². The second kappa shape index (κ2) is 7.58. The molecule has 33 heavy (non-hydrogen) atoms. The smallest absolute Gasteiger partial charge is 0.0594 e. The Balaban J connectivity index is 1.54. The van der Waals surface area contributed by atoms with Gasteiger partial charge in [-0.1, -0.05) is 46.8 Å². The molecule has 5 fully saturated rings. The third-order valence-electron chi connectivity index (χ3n) is 13.7. The average Bonchev–Trinajstić information content (AvgIpc) is 3.12. The summed E-state index contributed by atoms with van der Waals surface area (Å²) in [6.45, 7) is 20.9. The molecule has 0 heterocycles. The Bertz CT molecular complexity index is 803. The fourth-order valence-corrected chi connectivity index (χ4v) is 11.9. The molecule has 5 aliphatic rings. The van der Waals surface area contributed by atoms with Crippen LogP contribution >= 0.6 is 0 Å². The first-order valence-corrected chi connectivity index (χ1v) is 14.4. The van der Waals surface area contributed by atoms with Crippen LogP contribution in [0.25, 0.3) is 0 Å². The summed E-state index contributed by atoms with van der Waals surface area (Å²) in [6.07, 6.45) is 13.2. The first kappa shape index (κ1) is 24.4. The zero-order valence-electron chi connectivity index (χ0n) is 22.9. The normalized spacial score (nSPS) is 55.2. The standard InChI is InChI=1S/C31H53NO/c1-20(2)21-11-16-31(19-32-8)18-17-29(6)22(26(21)31)9-10-24-28(5)14-13-25(33)27(3,4)23(28)12-15-30(24,29)7/h21-26,32-33H,1,9-19H2,2-8H3/t21?,22?,23?,24?,25-,26?,28-,29?,30+,31+/m0/s1. The predicted molar refractivity (Wildman–Crippen MR) is 139 cm³/mol. The molecule has 0 aromatic heterocycles. The zero-order chi connectivity index (χ0) is 24.0. The molecule has 6 unspecified atom stereocenters. The molecule has 0 aromatic carbocycles. The molecule has 2 nitrogen and oxygen atoms in total. The Morgan fingerprint density at radius 2 is 1.58 bits per heavy atom. The molecule has 5 saturated carbocycles. The number of hydrogen-bond acceptors (Lipinski definition) is 2. The predicted octanol–water partition coefficient (Wildman–Crippen LogP) is 7.22. The molecule has 0 bridgehead atoms. The van der Waals surface area contributed by atoms with Crippen LogP contribution in [-0.2, 0) is 0 Å². The number of rotatable bonds is 3. The lowest BCUT2D eigenvalue weighted by Gasteiger charge is -2.73. The van der Waals surface area contributed by atoms with Crippen LogP contribution in [0.4, 0.5) is 0 Å². The van der Waals surface area contributed by atoms with Crippen LogP contribution in [0.15, 0.2) is 12.2 Å². The van der Waals surface area contributed by atoms with Crippen LogP contribution in [0.5, 0.6) is 0 Å². The molecule has 188 valence electrons. The highest BCUT2D eigenvalue weighted by Gasteiger charge is 2.70. The fourth-order valence-electron chi connectivity index (χ4n) is 11.9. The van der Waals surface area contributed by atoms with Gasteiger partial charge in [-0.3, -0.25) is 0 Å².